The first-order valence-electron chi connectivity index (χ1n) is 9.17. The van der Waals surface area contributed by atoms with Gasteiger partial charge in [-0.25, -0.2) is 4.79 Å². The summed E-state index contributed by atoms with van der Waals surface area (Å²) in [7, 11) is 0. The summed E-state index contributed by atoms with van der Waals surface area (Å²) >= 11 is 1.54. The van der Waals surface area contributed by atoms with E-state index in [2.05, 4.69) is 20.2 Å². The zero-order chi connectivity index (χ0) is 18.5. The fourth-order valence-electron chi connectivity index (χ4n) is 4.27. The minimum absolute atomic E-state index is 0.163. The Morgan fingerprint density at radius 3 is 2.77 bits per heavy atom. The van der Waals surface area contributed by atoms with E-state index in [-0.39, 0.29) is 11.3 Å². The van der Waals surface area contributed by atoms with Gasteiger partial charge in [0.25, 0.3) is 5.91 Å². The molecule has 0 saturated carbocycles. The molecule has 3 saturated heterocycles. The topological polar surface area (TPSA) is 97.6 Å². The van der Waals surface area contributed by atoms with Crippen LogP contribution in [0.3, 0.4) is 0 Å². The molecule has 0 aromatic carbocycles. The molecule has 0 aromatic heterocycles. The first-order valence-corrected chi connectivity index (χ1v) is 10.0. The molecule has 3 fully saturated rings. The Labute approximate surface area is 157 Å². The van der Waals surface area contributed by atoms with Gasteiger partial charge in [0, 0.05) is 30.3 Å². The summed E-state index contributed by atoms with van der Waals surface area (Å²) in [5, 5.41) is 12.7. The van der Waals surface area contributed by atoms with Crippen LogP contribution in [0.5, 0.6) is 0 Å². The zero-order valence-electron chi connectivity index (χ0n) is 15.1. The molecule has 0 aromatic rings. The molecule has 2 N–H and O–H groups in total. The van der Waals surface area contributed by atoms with Gasteiger partial charge in [-0.05, 0) is 26.7 Å². The van der Waals surface area contributed by atoms with Gasteiger partial charge in [0.15, 0.2) is 6.04 Å². The molecule has 0 unspecified atom stereocenters. The third kappa shape index (κ3) is 2.86. The molecule has 4 aliphatic rings. The molecule has 26 heavy (non-hydrogen) atoms. The number of fused-ring (bicyclic) bond motifs is 1. The predicted octanol–water partition coefficient (Wildman–Crippen LogP) is 0.244. The number of hydrogen-bond donors (Lipinski definition) is 2. The van der Waals surface area contributed by atoms with E-state index < -0.39 is 22.8 Å². The van der Waals surface area contributed by atoms with Gasteiger partial charge in [0.2, 0.25) is 0 Å². The number of rotatable bonds is 4. The van der Waals surface area contributed by atoms with Gasteiger partial charge in [-0.15, -0.1) is 11.8 Å². The molecule has 4 heterocycles. The standard InChI is InChI=1S/C17H25N5O3S/c1-17(2)12(16(24)25)22-14(23)11(15(22)26-17)20-9-21-7-3-10(4-8-21)13-18-5-6-19-13/h9-12,15H,3-8H2,1-2H3,(H,18,19)(H,24,25)/t11-,12+,15-/m1/s1. The number of likely N-dealkylation sites (tertiary alicyclic amines) is 1. The van der Waals surface area contributed by atoms with Crippen molar-refractivity contribution < 1.29 is 14.7 Å². The van der Waals surface area contributed by atoms with E-state index in [4.69, 9.17) is 0 Å². The van der Waals surface area contributed by atoms with Gasteiger partial charge in [-0.3, -0.25) is 14.8 Å². The summed E-state index contributed by atoms with van der Waals surface area (Å²) in [5.74, 6) is 0.545. The van der Waals surface area contributed by atoms with Crippen LogP contribution in [0.15, 0.2) is 9.98 Å². The molecule has 1 amide bonds. The van der Waals surface area contributed by atoms with Crippen molar-refractivity contribution in [3.63, 3.8) is 0 Å². The van der Waals surface area contributed by atoms with Crippen LogP contribution in [-0.2, 0) is 9.59 Å². The molecule has 3 atom stereocenters. The number of carboxylic acids is 1. The smallest absolute Gasteiger partial charge is 0.327 e. The van der Waals surface area contributed by atoms with E-state index in [1.54, 1.807) is 6.34 Å². The highest BCUT2D eigenvalue weighted by Crippen LogP contribution is 2.51. The number of carbonyl (C=O) groups excluding carboxylic acids is 1. The number of carboxylic acid groups (broad SMARTS) is 1. The number of amidine groups is 1. The van der Waals surface area contributed by atoms with E-state index in [1.807, 2.05) is 13.8 Å². The monoisotopic (exact) mass is 379 g/mol. The quantitative estimate of drug-likeness (QED) is 0.413. The molecule has 4 aliphatic heterocycles. The third-order valence-electron chi connectivity index (χ3n) is 5.65. The second kappa shape index (κ2) is 6.44. The van der Waals surface area contributed by atoms with Crippen molar-refractivity contribution in [1.29, 1.82) is 0 Å². The Morgan fingerprint density at radius 1 is 1.42 bits per heavy atom. The van der Waals surface area contributed by atoms with E-state index in [0.717, 1.165) is 44.9 Å². The molecular weight excluding hydrogens is 354 g/mol. The van der Waals surface area contributed by atoms with Crippen molar-refractivity contribution in [2.24, 2.45) is 15.9 Å². The number of nitrogens with zero attached hydrogens (tertiary/aromatic N) is 4. The number of aliphatic imine (C=N–C) groups is 2. The molecule has 0 aliphatic carbocycles. The van der Waals surface area contributed by atoms with Gasteiger partial charge in [0.1, 0.15) is 11.4 Å². The number of β-lactam (4-membered cyclic amide) rings is 1. The van der Waals surface area contributed by atoms with Crippen molar-refractivity contribution in [3.05, 3.63) is 0 Å². The van der Waals surface area contributed by atoms with E-state index in [1.165, 1.54) is 16.7 Å². The van der Waals surface area contributed by atoms with Crippen molar-refractivity contribution >= 4 is 35.8 Å². The van der Waals surface area contributed by atoms with E-state index in [0.29, 0.717) is 5.92 Å². The van der Waals surface area contributed by atoms with Crippen molar-refractivity contribution in [3.8, 4) is 0 Å². The lowest BCUT2D eigenvalue weighted by atomic mass is 9.95. The number of piperidine rings is 1. The fraction of sp³-hybridized carbons (Fsp3) is 0.765. The number of aliphatic carboxylic acids is 1. The number of carbonyl (C=O) groups is 2. The zero-order valence-corrected chi connectivity index (χ0v) is 15.9. The maximum Gasteiger partial charge on any atom is 0.327 e. The molecular formula is C17H25N5O3S. The summed E-state index contributed by atoms with van der Waals surface area (Å²) < 4.78 is -0.496. The van der Waals surface area contributed by atoms with Crippen LogP contribution in [0.2, 0.25) is 0 Å². The lowest BCUT2D eigenvalue weighted by molar-refractivity contribution is -0.158. The summed E-state index contributed by atoms with van der Waals surface area (Å²) in [4.78, 5) is 36.6. The van der Waals surface area contributed by atoms with Gasteiger partial charge < -0.3 is 20.2 Å². The minimum atomic E-state index is -0.939. The van der Waals surface area contributed by atoms with Crippen LogP contribution in [0, 0.1) is 5.92 Å². The highest BCUT2D eigenvalue weighted by atomic mass is 32.2. The summed E-state index contributed by atoms with van der Waals surface area (Å²) in [6.07, 6.45) is 3.87. The number of amides is 1. The Hall–Kier alpha value is -1.77. The first kappa shape index (κ1) is 17.6. The van der Waals surface area contributed by atoms with Crippen LogP contribution < -0.4 is 5.32 Å². The maximum atomic E-state index is 12.4. The van der Waals surface area contributed by atoms with Crippen molar-refractivity contribution in [2.75, 3.05) is 26.2 Å². The van der Waals surface area contributed by atoms with Crippen molar-refractivity contribution in [1.82, 2.24) is 15.1 Å². The van der Waals surface area contributed by atoms with Gasteiger partial charge in [-0.1, -0.05) is 0 Å². The molecule has 142 valence electrons. The van der Waals surface area contributed by atoms with E-state index >= 15 is 0 Å². The first-order chi connectivity index (χ1) is 12.4. The Kier molecular flexibility index (Phi) is 4.37. The normalized spacial score (nSPS) is 33.8. The SMILES string of the molecule is CC1(C)S[C@@H]2[C@H](N=CN3CCC(C4=NCCN4)CC3)C(=O)N2[C@H]1C(=O)O. The van der Waals surface area contributed by atoms with Crippen LogP contribution >= 0.6 is 11.8 Å². The second-order valence-corrected chi connectivity index (χ2v) is 9.58. The van der Waals surface area contributed by atoms with Crippen LogP contribution in [-0.4, -0.2) is 87.3 Å². The molecule has 8 nitrogen and oxygen atoms in total. The highest BCUT2D eigenvalue weighted by Gasteiger charge is 2.63. The molecule has 0 spiro atoms. The molecule has 0 radical (unpaired) electrons. The van der Waals surface area contributed by atoms with E-state index in [9.17, 15) is 14.7 Å². The Bertz CT molecular complexity index is 671. The number of thioether (sulfide) groups is 1. The highest BCUT2D eigenvalue weighted by molar-refractivity contribution is 8.01. The lowest BCUT2D eigenvalue weighted by Gasteiger charge is -2.41. The maximum absolute atomic E-state index is 12.4. The Morgan fingerprint density at radius 2 is 2.15 bits per heavy atom. The molecule has 9 heteroatoms. The summed E-state index contributed by atoms with van der Waals surface area (Å²) in [6.45, 7) is 7.40. The van der Waals surface area contributed by atoms with Crippen LogP contribution in [0.1, 0.15) is 26.7 Å². The van der Waals surface area contributed by atoms with Gasteiger partial charge in [0.05, 0.1) is 18.7 Å². The van der Waals surface area contributed by atoms with Gasteiger partial charge >= 0.3 is 5.97 Å². The average molecular weight is 379 g/mol. The largest absolute Gasteiger partial charge is 0.480 e. The molecule has 4 rings (SSSR count). The van der Waals surface area contributed by atoms with Crippen LogP contribution in [0.25, 0.3) is 0 Å². The number of hydrogen-bond acceptors (Lipinski definition) is 6. The average Bonchev–Trinajstić information content (AvgIpc) is 3.20. The predicted molar refractivity (Wildman–Crippen MR) is 101 cm³/mol. The summed E-state index contributed by atoms with van der Waals surface area (Å²) in [6, 6.07) is -1.23. The minimum Gasteiger partial charge on any atom is -0.480 e. The van der Waals surface area contributed by atoms with Crippen LogP contribution in [0.4, 0.5) is 0 Å². The number of nitrogens with one attached hydrogen (secondary N) is 1. The summed E-state index contributed by atoms with van der Waals surface area (Å²) in [5.41, 5.74) is 0. The molecule has 0 bridgehead atoms. The lowest BCUT2D eigenvalue weighted by Crippen LogP contribution is -2.65. The third-order valence-corrected chi connectivity index (χ3v) is 7.21. The Balaban J connectivity index is 1.34. The van der Waals surface area contributed by atoms with Gasteiger partial charge in [-0.2, -0.15) is 0 Å². The van der Waals surface area contributed by atoms with Crippen molar-refractivity contribution in [2.45, 2.75) is 48.9 Å². The second-order valence-electron chi connectivity index (χ2n) is 7.81. The fourth-order valence-corrected chi connectivity index (χ4v) is 5.89.